The van der Waals surface area contributed by atoms with Gasteiger partial charge in [0.05, 0.1) is 19.6 Å². The third-order valence-electron chi connectivity index (χ3n) is 3.71. The molecule has 1 aromatic heterocycles. The van der Waals surface area contributed by atoms with Crippen LogP contribution in [0.15, 0.2) is 64.0 Å². The number of halogens is 2. The van der Waals surface area contributed by atoms with Crippen molar-refractivity contribution in [3.63, 3.8) is 0 Å². The van der Waals surface area contributed by atoms with Crippen molar-refractivity contribution in [2.24, 2.45) is 0 Å². The number of Topliss-reactive ketones (excluding diaryl/α,β-unsaturated/α-hetero) is 1. The van der Waals surface area contributed by atoms with Gasteiger partial charge in [0.2, 0.25) is 0 Å². The van der Waals surface area contributed by atoms with Gasteiger partial charge in [-0.3, -0.25) is 4.79 Å². The minimum atomic E-state index is -3.01. The van der Waals surface area contributed by atoms with Crippen LogP contribution in [0.3, 0.4) is 0 Å². The number of hydrogen-bond donors (Lipinski definition) is 0. The number of hydrogen-bond acceptors (Lipinski definition) is 5. The van der Waals surface area contributed by atoms with Crippen molar-refractivity contribution < 1.29 is 18.3 Å². The predicted molar refractivity (Wildman–Crippen MR) is 97.0 cm³/mol. The molecule has 28 heavy (non-hydrogen) atoms. The average molecular weight is 393 g/mol. The molecule has 0 spiro atoms. The number of aromatic nitrogens is 3. The molecule has 0 N–H and O–H groups in total. The maximum atomic E-state index is 12.5. The molecule has 1 aromatic carbocycles. The van der Waals surface area contributed by atoms with Crippen LogP contribution in [-0.4, -0.2) is 26.1 Å². The van der Waals surface area contributed by atoms with E-state index in [9.17, 15) is 28.0 Å². The summed E-state index contributed by atoms with van der Waals surface area (Å²) in [5.41, 5.74) is -2.68. The Morgan fingerprint density at radius 3 is 1.82 bits per heavy atom. The van der Waals surface area contributed by atoms with Crippen LogP contribution in [0.4, 0.5) is 8.78 Å². The Morgan fingerprint density at radius 1 is 0.929 bits per heavy atom. The van der Waals surface area contributed by atoms with Crippen molar-refractivity contribution in [3.8, 4) is 5.75 Å². The van der Waals surface area contributed by atoms with Gasteiger partial charge in [0.15, 0.2) is 5.78 Å². The number of allylic oxidation sites excluding steroid dienone is 2. The fourth-order valence-corrected chi connectivity index (χ4v) is 2.45. The van der Waals surface area contributed by atoms with E-state index in [0.29, 0.717) is 4.57 Å². The van der Waals surface area contributed by atoms with E-state index in [1.165, 1.54) is 24.3 Å². The van der Waals surface area contributed by atoms with Crippen molar-refractivity contribution in [1.29, 1.82) is 0 Å². The highest BCUT2D eigenvalue weighted by Crippen LogP contribution is 2.15. The summed E-state index contributed by atoms with van der Waals surface area (Å²) in [5, 5.41) is 0. The maximum absolute atomic E-state index is 12.5. The van der Waals surface area contributed by atoms with E-state index in [4.69, 9.17) is 0 Å². The van der Waals surface area contributed by atoms with Crippen LogP contribution in [0.1, 0.15) is 10.4 Å². The average Bonchev–Trinajstić information content (AvgIpc) is 2.66. The molecule has 0 aliphatic rings. The lowest BCUT2D eigenvalue weighted by Gasteiger charge is -2.12. The van der Waals surface area contributed by atoms with Crippen molar-refractivity contribution in [2.75, 3.05) is 0 Å². The minimum absolute atomic E-state index is 0.0738. The van der Waals surface area contributed by atoms with E-state index in [1.807, 2.05) is 0 Å². The SMILES string of the molecule is C=CCn1c(=O)n(CC=C)c(=O)n(CC(=O)c2ccc(OC(F)F)cc2)c1=O. The van der Waals surface area contributed by atoms with E-state index >= 15 is 0 Å². The molecule has 0 bridgehead atoms. The van der Waals surface area contributed by atoms with E-state index in [0.717, 1.165) is 21.3 Å². The van der Waals surface area contributed by atoms with Gasteiger partial charge in [0.25, 0.3) is 0 Å². The highest BCUT2D eigenvalue weighted by atomic mass is 19.3. The Balaban J connectivity index is 2.44. The highest BCUT2D eigenvalue weighted by molar-refractivity contribution is 5.95. The summed E-state index contributed by atoms with van der Waals surface area (Å²) in [6, 6.07) is 4.79. The van der Waals surface area contributed by atoms with Crippen LogP contribution < -0.4 is 21.8 Å². The van der Waals surface area contributed by atoms with Gasteiger partial charge in [0.1, 0.15) is 5.75 Å². The summed E-state index contributed by atoms with van der Waals surface area (Å²) in [6.45, 7) is 2.97. The van der Waals surface area contributed by atoms with Gasteiger partial charge >= 0.3 is 23.7 Å². The largest absolute Gasteiger partial charge is 0.435 e. The van der Waals surface area contributed by atoms with Crippen LogP contribution in [0.2, 0.25) is 0 Å². The first-order valence-corrected chi connectivity index (χ1v) is 8.04. The molecule has 0 amide bonds. The lowest BCUT2D eigenvalue weighted by Crippen LogP contribution is -2.55. The molecular formula is C18H17F2N3O5. The van der Waals surface area contributed by atoms with Gasteiger partial charge in [-0.1, -0.05) is 12.2 Å². The highest BCUT2D eigenvalue weighted by Gasteiger charge is 2.17. The molecule has 10 heteroatoms. The molecule has 0 radical (unpaired) electrons. The first-order valence-electron chi connectivity index (χ1n) is 8.04. The van der Waals surface area contributed by atoms with E-state index in [1.54, 1.807) is 0 Å². The summed E-state index contributed by atoms with van der Waals surface area (Å²) in [7, 11) is 0. The summed E-state index contributed by atoms with van der Waals surface area (Å²) in [4.78, 5) is 49.7. The van der Waals surface area contributed by atoms with Crippen LogP contribution in [-0.2, 0) is 19.6 Å². The number of ether oxygens (including phenoxy) is 1. The predicted octanol–water partition coefficient (Wildman–Crippen LogP) is 1.03. The molecule has 0 unspecified atom stereocenters. The van der Waals surface area contributed by atoms with Crippen molar-refractivity contribution >= 4 is 5.78 Å². The van der Waals surface area contributed by atoms with Gasteiger partial charge in [-0.15, -0.1) is 13.2 Å². The van der Waals surface area contributed by atoms with Crippen LogP contribution in [0, 0.1) is 0 Å². The van der Waals surface area contributed by atoms with Crippen molar-refractivity contribution in [1.82, 2.24) is 13.7 Å². The quantitative estimate of drug-likeness (QED) is 0.469. The number of ketones is 1. The molecule has 0 aliphatic carbocycles. The van der Waals surface area contributed by atoms with Gasteiger partial charge in [-0.25, -0.2) is 28.1 Å². The summed E-state index contributed by atoms with van der Waals surface area (Å²) in [6.07, 6.45) is 2.61. The minimum Gasteiger partial charge on any atom is -0.435 e. The van der Waals surface area contributed by atoms with Crippen molar-refractivity contribution in [3.05, 3.63) is 86.6 Å². The standard InChI is InChI=1S/C18H17F2N3O5/c1-3-9-21-16(25)22(10-4-2)18(27)23(17(21)26)11-14(24)12-5-7-13(8-6-12)28-15(19)20/h3-8,15H,1-2,9-11H2. The monoisotopic (exact) mass is 393 g/mol. The molecule has 2 rings (SSSR count). The molecular weight excluding hydrogens is 376 g/mol. The normalized spacial score (nSPS) is 10.7. The van der Waals surface area contributed by atoms with Gasteiger partial charge in [-0.2, -0.15) is 8.78 Å². The zero-order valence-corrected chi connectivity index (χ0v) is 14.7. The van der Waals surface area contributed by atoms with Gasteiger partial charge in [0, 0.05) is 5.56 Å². The van der Waals surface area contributed by atoms with Crippen molar-refractivity contribution in [2.45, 2.75) is 26.2 Å². The molecule has 0 fully saturated rings. The lowest BCUT2D eigenvalue weighted by atomic mass is 10.1. The molecule has 0 aliphatic heterocycles. The topological polar surface area (TPSA) is 92.3 Å². The molecule has 0 saturated carbocycles. The number of carbonyl (C=O) groups is 1. The molecule has 148 valence electrons. The Hall–Kier alpha value is -3.56. The van der Waals surface area contributed by atoms with E-state index in [2.05, 4.69) is 17.9 Å². The Bertz CT molecular complexity index is 1020. The molecule has 1 heterocycles. The van der Waals surface area contributed by atoms with E-state index < -0.39 is 36.0 Å². The molecule has 8 nitrogen and oxygen atoms in total. The number of nitrogens with zero attached hydrogens (tertiary/aromatic N) is 3. The number of rotatable bonds is 9. The van der Waals surface area contributed by atoms with E-state index in [-0.39, 0.29) is 24.4 Å². The fraction of sp³-hybridized carbons (Fsp3) is 0.222. The molecule has 0 saturated heterocycles. The summed E-state index contributed by atoms with van der Waals surface area (Å²) >= 11 is 0. The smallest absolute Gasteiger partial charge is 0.387 e. The second-order valence-corrected chi connectivity index (χ2v) is 5.56. The third-order valence-corrected chi connectivity index (χ3v) is 3.71. The number of alkyl halides is 2. The Labute approximate surface area is 157 Å². The van der Waals surface area contributed by atoms with Crippen LogP contribution in [0.25, 0.3) is 0 Å². The first-order chi connectivity index (χ1) is 13.3. The van der Waals surface area contributed by atoms with Gasteiger partial charge < -0.3 is 4.74 Å². The summed E-state index contributed by atoms with van der Waals surface area (Å²) in [5.74, 6) is -0.770. The van der Waals surface area contributed by atoms with Crippen LogP contribution in [0.5, 0.6) is 5.75 Å². The fourth-order valence-electron chi connectivity index (χ4n) is 2.45. The zero-order valence-electron chi connectivity index (χ0n) is 14.7. The van der Waals surface area contributed by atoms with Crippen LogP contribution >= 0.6 is 0 Å². The number of benzene rings is 1. The lowest BCUT2D eigenvalue weighted by molar-refractivity contribution is -0.0498. The maximum Gasteiger partial charge on any atom is 0.387 e. The third kappa shape index (κ3) is 4.40. The summed E-state index contributed by atoms with van der Waals surface area (Å²) < 4.78 is 30.7. The first kappa shape index (κ1) is 20.7. The molecule has 2 aromatic rings. The molecule has 0 atom stereocenters. The zero-order chi connectivity index (χ0) is 20.8. The number of carbonyl (C=O) groups excluding carboxylic acids is 1. The second-order valence-electron chi connectivity index (χ2n) is 5.56. The second kappa shape index (κ2) is 8.89. The Morgan fingerprint density at radius 2 is 1.39 bits per heavy atom. The Kier molecular flexibility index (Phi) is 6.59. The van der Waals surface area contributed by atoms with Gasteiger partial charge in [-0.05, 0) is 24.3 Å².